The van der Waals surface area contributed by atoms with Crippen LogP contribution >= 0.6 is 0 Å². The summed E-state index contributed by atoms with van der Waals surface area (Å²) < 4.78 is 1.38. The first-order chi connectivity index (χ1) is 8.11. The molecule has 0 aromatic carbocycles. The van der Waals surface area contributed by atoms with Crippen molar-refractivity contribution in [3.63, 3.8) is 0 Å². The van der Waals surface area contributed by atoms with E-state index in [1.807, 2.05) is 6.07 Å². The van der Waals surface area contributed by atoms with Gasteiger partial charge in [0.15, 0.2) is 5.69 Å². The lowest BCUT2D eigenvalue weighted by molar-refractivity contribution is 0.0996. The molecule has 0 bridgehead atoms. The molecule has 17 heavy (non-hydrogen) atoms. The number of primary amides is 1. The average Bonchev–Trinajstić information content (AvgIpc) is 2.71. The SMILES string of the molecule is N#Cc1ccc(-n2cc(N)c(C(N)=O)n2)cn1. The van der Waals surface area contributed by atoms with E-state index in [0.29, 0.717) is 11.4 Å². The average molecular weight is 228 g/mol. The van der Waals surface area contributed by atoms with Crippen molar-refractivity contribution in [2.75, 3.05) is 5.73 Å². The fraction of sp³-hybridized carbons (Fsp3) is 0. The molecule has 0 spiro atoms. The molecule has 0 saturated heterocycles. The Morgan fingerprint density at radius 3 is 2.71 bits per heavy atom. The van der Waals surface area contributed by atoms with Crippen molar-refractivity contribution in [3.8, 4) is 11.8 Å². The van der Waals surface area contributed by atoms with Gasteiger partial charge < -0.3 is 11.5 Å². The zero-order chi connectivity index (χ0) is 12.4. The molecule has 2 aromatic heterocycles. The molecule has 0 aliphatic carbocycles. The maximum absolute atomic E-state index is 11.0. The molecule has 2 rings (SSSR count). The highest BCUT2D eigenvalue weighted by Gasteiger charge is 2.12. The van der Waals surface area contributed by atoms with Crippen molar-refractivity contribution >= 4 is 11.6 Å². The number of hydrogen-bond donors (Lipinski definition) is 2. The highest BCUT2D eigenvalue weighted by Crippen LogP contribution is 2.13. The van der Waals surface area contributed by atoms with E-state index >= 15 is 0 Å². The molecular formula is C10H8N6O. The molecule has 0 unspecified atom stereocenters. The molecule has 0 aliphatic heterocycles. The summed E-state index contributed by atoms with van der Waals surface area (Å²) in [5.41, 5.74) is 11.8. The summed E-state index contributed by atoms with van der Waals surface area (Å²) in [6, 6.07) is 5.08. The van der Waals surface area contributed by atoms with E-state index in [1.165, 1.54) is 23.1 Å². The van der Waals surface area contributed by atoms with E-state index in [1.54, 1.807) is 6.07 Å². The number of nitrogen functional groups attached to an aromatic ring is 1. The minimum Gasteiger partial charge on any atom is -0.396 e. The van der Waals surface area contributed by atoms with Crippen molar-refractivity contribution in [2.45, 2.75) is 0 Å². The lowest BCUT2D eigenvalue weighted by atomic mass is 10.3. The summed E-state index contributed by atoms with van der Waals surface area (Å²) in [6.07, 6.45) is 2.92. The number of nitriles is 1. The number of rotatable bonds is 2. The predicted octanol–water partition coefficient (Wildman–Crippen LogP) is -0.180. The van der Waals surface area contributed by atoms with E-state index in [0.717, 1.165) is 0 Å². The third-order valence-electron chi connectivity index (χ3n) is 2.10. The minimum atomic E-state index is -0.692. The smallest absolute Gasteiger partial charge is 0.271 e. The Bertz CT molecular complexity index is 607. The van der Waals surface area contributed by atoms with Crippen LogP contribution in [-0.2, 0) is 0 Å². The molecule has 0 radical (unpaired) electrons. The molecule has 0 fully saturated rings. The van der Waals surface area contributed by atoms with Crippen LogP contribution < -0.4 is 11.5 Å². The molecule has 84 valence electrons. The predicted molar refractivity (Wildman–Crippen MR) is 59.0 cm³/mol. The Morgan fingerprint density at radius 2 is 2.24 bits per heavy atom. The van der Waals surface area contributed by atoms with E-state index in [4.69, 9.17) is 16.7 Å². The fourth-order valence-corrected chi connectivity index (χ4v) is 1.30. The van der Waals surface area contributed by atoms with E-state index < -0.39 is 5.91 Å². The number of pyridine rings is 1. The number of nitrogens with two attached hydrogens (primary N) is 2. The standard InChI is InChI=1S/C10H8N6O/c11-3-6-1-2-7(4-14-6)16-5-8(12)9(15-16)10(13)17/h1-2,4-5H,12H2,(H2,13,17). The Morgan fingerprint density at radius 1 is 1.47 bits per heavy atom. The first kappa shape index (κ1) is 10.6. The topological polar surface area (TPSA) is 124 Å². The molecule has 1 amide bonds. The Balaban J connectivity index is 2.43. The highest BCUT2D eigenvalue weighted by atomic mass is 16.1. The molecule has 2 aromatic rings. The Labute approximate surface area is 96.3 Å². The minimum absolute atomic E-state index is 0.00867. The van der Waals surface area contributed by atoms with Crippen LogP contribution in [0.1, 0.15) is 16.2 Å². The van der Waals surface area contributed by atoms with E-state index in [-0.39, 0.29) is 11.4 Å². The number of nitrogens with zero attached hydrogens (tertiary/aromatic N) is 4. The van der Waals surface area contributed by atoms with Gasteiger partial charge in [0.25, 0.3) is 5.91 Å². The first-order valence-corrected chi connectivity index (χ1v) is 4.63. The van der Waals surface area contributed by atoms with Gasteiger partial charge in [-0.05, 0) is 12.1 Å². The van der Waals surface area contributed by atoms with Crippen molar-refractivity contribution in [3.05, 3.63) is 35.9 Å². The summed E-state index contributed by atoms with van der Waals surface area (Å²) >= 11 is 0. The number of anilines is 1. The molecule has 7 heteroatoms. The van der Waals surface area contributed by atoms with Crippen LogP contribution in [0.4, 0.5) is 5.69 Å². The van der Waals surface area contributed by atoms with Gasteiger partial charge in [-0.3, -0.25) is 4.79 Å². The van der Waals surface area contributed by atoms with Gasteiger partial charge in [0.2, 0.25) is 0 Å². The van der Waals surface area contributed by atoms with Crippen molar-refractivity contribution in [1.82, 2.24) is 14.8 Å². The zero-order valence-electron chi connectivity index (χ0n) is 8.66. The van der Waals surface area contributed by atoms with Crippen LogP contribution in [0.2, 0.25) is 0 Å². The normalized spacial score (nSPS) is 9.82. The second-order valence-electron chi connectivity index (χ2n) is 3.26. The molecule has 0 aliphatic rings. The maximum atomic E-state index is 11.0. The maximum Gasteiger partial charge on any atom is 0.271 e. The third-order valence-corrected chi connectivity index (χ3v) is 2.10. The van der Waals surface area contributed by atoms with Gasteiger partial charge >= 0.3 is 0 Å². The number of carbonyl (C=O) groups is 1. The van der Waals surface area contributed by atoms with Gasteiger partial charge in [-0.1, -0.05) is 0 Å². The molecule has 2 heterocycles. The molecule has 4 N–H and O–H groups in total. The summed E-state index contributed by atoms with van der Waals surface area (Å²) in [5.74, 6) is -0.692. The quantitative estimate of drug-likeness (QED) is 0.737. The number of amides is 1. The van der Waals surface area contributed by atoms with Gasteiger partial charge in [0.05, 0.1) is 23.8 Å². The molecular weight excluding hydrogens is 220 g/mol. The monoisotopic (exact) mass is 228 g/mol. The Hall–Kier alpha value is -2.88. The molecule has 7 nitrogen and oxygen atoms in total. The third kappa shape index (κ3) is 1.91. The second-order valence-corrected chi connectivity index (χ2v) is 3.26. The van der Waals surface area contributed by atoms with Gasteiger partial charge in [-0.15, -0.1) is 0 Å². The number of hydrogen-bond acceptors (Lipinski definition) is 5. The number of carbonyl (C=O) groups excluding carboxylic acids is 1. The summed E-state index contributed by atoms with van der Waals surface area (Å²) in [5, 5.41) is 12.5. The molecule has 0 saturated carbocycles. The lowest BCUT2D eigenvalue weighted by Crippen LogP contribution is -2.14. The van der Waals surface area contributed by atoms with Gasteiger partial charge in [0.1, 0.15) is 11.8 Å². The van der Waals surface area contributed by atoms with Gasteiger partial charge in [-0.25, -0.2) is 9.67 Å². The van der Waals surface area contributed by atoms with Crippen LogP contribution in [0.3, 0.4) is 0 Å². The van der Waals surface area contributed by atoms with Crippen LogP contribution in [0.15, 0.2) is 24.5 Å². The van der Waals surface area contributed by atoms with Crippen LogP contribution in [0, 0.1) is 11.3 Å². The zero-order valence-corrected chi connectivity index (χ0v) is 8.66. The van der Waals surface area contributed by atoms with Gasteiger partial charge in [-0.2, -0.15) is 10.4 Å². The van der Waals surface area contributed by atoms with Crippen molar-refractivity contribution < 1.29 is 4.79 Å². The van der Waals surface area contributed by atoms with E-state index in [2.05, 4.69) is 10.1 Å². The first-order valence-electron chi connectivity index (χ1n) is 4.63. The number of aromatic nitrogens is 3. The van der Waals surface area contributed by atoms with Crippen molar-refractivity contribution in [1.29, 1.82) is 5.26 Å². The Kier molecular flexibility index (Phi) is 2.46. The van der Waals surface area contributed by atoms with Crippen LogP contribution in [0.25, 0.3) is 5.69 Å². The lowest BCUT2D eigenvalue weighted by Gasteiger charge is -1.99. The summed E-state index contributed by atoms with van der Waals surface area (Å²) in [6.45, 7) is 0. The second kappa shape index (κ2) is 3.94. The largest absolute Gasteiger partial charge is 0.396 e. The summed E-state index contributed by atoms with van der Waals surface area (Å²) in [7, 11) is 0. The van der Waals surface area contributed by atoms with Crippen LogP contribution in [0.5, 0.6) is 0 Å². The summed E-state index contributed by atoms with van der Waals surface area (Å²) in [4.78, 5) is 14.9. The molecule has 0 atom stereocenters. The van der Waals surface area contributed by atoms with Gasteiger partial charge in [0, 0.05) is 0 Å². The highest BCUT2D eigenvalue weighted by molar-refractivity contribution is 5.95. The van der Waals surface area contributed by atoms with Crippen molar-refractivity contribution in [2.24, 2.45) is 5.73 Å². The van der Waals surface area contributed by atoms with Crippen LogP contribution in [-0.4, -0.2) is 20.7 Å². The fourth-order valence-electron chi connectivity index (χ4n) is 1.30. The van der Waals surface area contributed by atoms with E-state index in [9.17, 15) is 4.79 Å².